The third-order valence-corrected chi connectivity index (χ3v) is 4.81. The van der Waals surface area contributed by atoms with E-state index in [0.29, 0.717) is 22.7 Å². The van der Waals surface area contributed by atoms with Crippen LogP contribution in [0.2, 0.25) is 0 Å². The molecule has 1 aliphatic rings. The highest BCUT2D eigenvalue weighted by Gasteiger charge is 2.25. The topological polar surface area (TPSA) is 55.2 Å². The van der Waals surface area contributed by atoms with E-state index in [1.165, 1.54) is 10.9 Å². The molecule has 3 rings (SSSR count). The van der Waals surface area contributed by atoms with Gasteiger partial charge in [-0.15, -0.1) is 0 Å². The van der Waals surface area contributed by atoms with Crippen molar-refractivity contribution in [3.63, 3.8) is 0 Å². The Labute approximate surface area is 143 Å². The lowest BCUT2D eigenvalue weighted by Crippen LogP contribution is -2.44. The summed E-state index contributed by atoms with van der Waals surface area (Å²) < 4.78 is 2.23. The number of halogens is 1. The molecule has 1 saturated heterocycles. The summed E-state index contributed by atoms with van der Waals surface area (Å²) in [5.41, 5.74) is 0.463. The lowest BCUT2D eigenvalue weighted by atomic mass is 9.92. The maximum atomic E-state index is 12.6. The second-order valence-corrected chi connectivity index (χ2v) is 7.50. The van der Waals surface area contributed by atoms with E-state index in [1.807, 2.05) is 11.0 Å². The molecule has 0 radical (unpaired) electrons. The van der Waals surface area contributed by atoms with Crippen molar-refractivity contribution in [3.8, 4) is 0 Å². The van der Waals surface area contributed by atoms with E-state index in [1.54, 1.807) is 12.1 Å². The molecular weight excluding hydrogens is 358 g/mol. The van der Waals surface area contributed by atoms with E-state index in [4.69, 9.17) is 0 Å². The Hall–Kier alpha value is -1.69. The van der Waals surface area contributed by atoms with E-state index < -0.39 is 0 Å². The molecular formula is C17H20BrN3O2. The number of carbonyl (C=O) groups excluding carboxylic acids is 1. The molecule has 1 aliphatic heterocycles. The summed E-state index contributed by atoms with van der Waals surface area (Å²) in [5.74, 6) is 0.997. The average Bonchev–Trinajstić information content (AvgIpc) is 2.49. The molecule has 0 saturated carbocycles. The number of hydrogen-bond acceptors (Lipinski definition) is 3. The quantitative estimate of drug-likeness (QED) is 0.808. The van der Waals surface area contributed by atoms with Crippen molar-refractivity contribution in [3.05, 3.63) is 39.4 Å². The van der Waals surface area contributed by atoms with Gasteiger partial charge in [0.2, 0.25) is 5.91 Å². The van der Waals surface area contributed by atoms with Crippen molar-refractivity contribution in [2.75, 3.05) is 13.1 Å². The Bertz CT molecular complexity index is 792. The number of carbonyl (C=O) groups is 1. The predicted octanol–water partition coefficient (Wildman–Crippen LogP) is 2.66. The van der Waals surface area contributed by atoms with Crippen LogP contribution in [0.3, 0.4) is 0 Å². The van der Waals surface area contributed by atoms with Crippen LogP contribution < -0.4 is 5.56 Å². The monoisotopic (exact) mass is 377 g/mol. The first-order valence-corrected chi connectivity index (χ1v) is 8.66. The second-order valence-electron chi connectivity index (χ2n) is 6.58. The number of piperidine rings is 1. The van der Waals surface area contributed by atoms with E-state index in [9.17, 15) is 9.59 Å². The van der Waals surface area contributed by atoms with Gasteiger partial charge in [-0.2, -0.15) is 0 Å². The van der Waals surface area contributed by atoms with Gasteiger partial charge in [-0.25, -0.2) is 4.98 Å². The largest absolute Gasteiger partial charge is 0.341 e. The lowest BCUT2D eigenvalue weighted by Gasteiger charge is -2.35. The minimum absolute atomic E-state index is 0.0124. The van der Waals surface area contributed by atoms with E-state index in [2.05, 4.69) is 34.8 Å². The van der Waals surface area contributed by atoms with Crippen LogP contribution in [0.15, 0.2) is 33.8 Å². The number of rotatable bonds is 2. The van der Waals surface area contributed by atoms with Crippen molar-refractivity contribution in [2.45, 2.75) is 26.8 Å². The van der Waals surface area contributed by atoms with Gasteiger partial charge in [-0.05, 0) is 36.5 Å². The molecule has 122 valence electrons. The Morgan fingerprint density at radius 2 is 2.00 bits per heavy atom. The first-order valence-electron chi connectivity index (χ1n) is 7.86. The SMILES string of the molecule is C[C@@H]1C[C@H](C)CN(C(=O)Cn2cnc3ccc(Br)cc3c2=O)C1. The number of benzene rings is 1. The van der Waals surface area contributed by atoms with Crippen molar-refractivity contribution < 1.29 is 4.79 Å². The van der Waals surface area contributed by atoms with Gasteiger partial charge in [0.1, 0.15) is 6.54 Å². The van der Waals surface area contributed by atoms with Crippen molar-refractivity contribution in [1.82, 2.24) is 14.5 Å². The van der Waals surface area contributed by atoms with Gasteiger partial charge < -0.3 is 4.90 Å². The van der Waals surface area contributed by atoms with Crippen LogP contribution in [0.5, 0.6) is 0 Å². The molecule has 5 nitrogen and oxygen atoms in total. The lowest BCUT2D eigenvalue weighted by molar-refractivity contribution is -0.134. The Kier molecular flexibility index (Phi) is 4.53. The molecule has 1 fully saturated rings. The summed E-state index contributed by atoms with van der Waals surface area (Å²) in [6.07, 6.45) is 2.61. The molecule has 0 unspecified atom stereocenters. The molecule has 2 heterocycles. The van der Waals surface area contributed by atoms with Crippen molar-refractivity contribution in [2.24, 2.45) is 11.8 Å². The number of hydrogen-bond donors (Lipinski definition) is 0. The van der Waals surface area contributed by atoms with E-state index in [-0.39, 0.29) is 18.0 Å². The zero-order chi connectivity index (χ0) is 16.6. The fourth-order valence-corrected chi connectivity index (χ4v) is 3.72. The van der Waals surface area contributed by atoms with Crippen LogP contribution in [0.4, 0.5) is 0 Å². The van der Waals surface area contributed by atoms with Gasteiger partial charge in [-0.3, -0.25) is 14.2 Å². The minimum atomic E-state index is -0.178. The second kappa shape index (κ2) is 6.43. The van der Waals surface area contributed by atoms with Crippen LogP contribution in [0.1, 0.15) is 20.3 Å². The Balaban J connectivity index is 1.85. The molecule has 0 aliphatic carbocycles. The number of amides is 1. The smallest absolute Gasteiger partial charge is 0.261 e. The zero-order valence-electron chi connectivity index (χ0n) is 13.3. The molecule has 2 aromatic rings. The Morgan fingerprint density at radius 1 is 1.30 bits per heavy atom. The van der Waals surface area contributed by atoms with E-state index >= 15 is 0 Å². The van der Waals surface area contributed by atoms with Crippen LogP contribution >= 0.6 is 15.9 Å². The third kappa shape index (κ3) is 3.47. The Morgan fingerprint density at radius 3 is 2.70 bits per heavy atom. The van der Waals surface area contributed by atoms with Gasteiger partial charge in [0, 0.05) is 17.6 Å². The van der Waals surface area contributed by atoms with Crippen LogP contribution in [0.25, 0.3) is 10.9 Å². The van der Waals surface area contributed by atoms with Gasteiger partial charge >= 0.3 is 0 Å². The summed E-state index contributed by atoms with van der Waals surface area (Å²) in [7, 11) is 0. The normalized spacial score (nSPS) is 21.6. The molecule has 1 aromatic carbocycles. The maximum Gasteiger partial charge on any atom is 0.261 e. The fraction of sp³-hybridized carbons (Fsp3) is 0.471. The van der Waals surface area contributed by atoms with Crippen LogP contribution in [0, 0.1) is 11.8 Å². The first-order chi connectivity index (χ1) is 10.9. The summed E-state index contributed by atoms with van der Waals surface area (Å²) >= 11 is 3.37. The molecule has 6 heteroatoms. The predicted molar refractivity (Wildman–Crippen MR) is 93.2 cm³/mol. The summed E-state index contributed by atoms with van der Waals surface area (Å²) in [5, 5.41) is 0.523. The molecule has 0 spiro atoms. The van der Waals surface area contributed by atoms with Crippen molar-refractivity contribution in [1.29, 1.82) is 0 Å². The zero-order valence-corrected chi connectivity index (χ0v) is 14.9. The number of fused-ring (bicyclic) bond motifs is 1. The van der Waals surface area contributed by atoms with Gasteiger partial charge in [0.05, 0.1) is 17.2 Å². The standard InChI is InChI=1S/C17H20BrN3O2/c1-11-5-12(2)8-20(7-11)16(22)9-21-10-19-15-4-3-13(18)6-14(15)17(21)23/h3-4,6,10-12H,5,7-9H2,1-2H3/t11-,12+. The molecule has 0 bridgehead atoms. The van der Waals surface area contributed by atoms with Gasteiger partial charge in [0.25, 0.3) is 5.56 Å². The number of nitrogens with zero attached hydrogens (tertiary/aromatic N) is 3. The molecule has 0 N–H and O–H groups in total. The fourth-order valence-electron chi connectivity index (χ4n) is 3.36. The van der Waals surface area contributed by atoms with Gasteiger partial charge in [-0.1, -0.05) is 29.8 Å². The molecule has 1 amide bonds. The highest BCUT2D eigenvalue weighted by atomic mass is 79.9. The average molecular weight is 378 g/mol. The third-order valence-electron chi connectivity index (χ3n) is 4.31. The summed E-state index contributed by atoms with van der Waals surface area (Å²) in [4.78, 5) is 31.3. The summed E-state index contributed by atoms with van der Waals surface area (Å²) in [6.45, 7) is 5.91. The highest BCUT2D eigenvalue weighted by Crippen LogP contribution is 2.21. The van der Waals surface area contributed by atoms with E-state index in [0.717, 1.165) is 24.0 Å². The van der Waals surface area contributed by atoms with Gasteiger partial charge in [0.15, 0.2) is 0 Å². The van der Waals surface area contributed by atoms with Crippen molar-refractivity contribution >= 4 is 32.7 Å². The minimum Gasteiger partial charge on any atom is -0.341 e. The molecule has 2 atom stereocenters. The molecule has 1 aromatic heterocycles. The summed E-state index contributed by atoms with van der Waals surface area (Å²) in [6, 6.07) is 5.39. The maximum absolute atomic E-state index is 12.6. The first kappa shape index (κ1) is 16.2. The highest BCUT2D eigenvalue weighted by molar-refractivity contribution is 9.10. The van der Waals surface area contributed by atoms with Crippen LogP contribution in [-0.4, -0.2) is 33.4 Å². The molecule has 23 heavy (non-hydrogen) atoms. The van der Waals surface area contributed by atoms with Crippen LogP contribution in [-0.2, 0) is 11.3 Å². The number of aromatic nitrogens is 2. The number of likely N-dealkylation sites (tertiary alicyclic amines) is 1.